The minimum atomic E-state index is -0.0927. The number of nitrogens with one attached hydrogen (secondary N) is 1. The fourth-order valence-corrected chi connectivity index (χ4v) is 3.62. The van der Waals surface area contributed by atoms with E-state index in [0.717, 1.165) is 17.2 Å². The largest absolute Gasteiger partial charge is 0.352 e. The molecule has 1 aromatic rings. The highest BCUT2D eigenvalue weighted by atomic mass is 32.2. The number of carbonyl (C=O) groups is 1. The number of hydrogen-bond donors (Lipinski definition) is 1. The third kappa shape index (κ3) is 3.96. The average Bonchev–Trinajstić information content (AvgIpc) is 2.83. The van der Waals surface area contributed by atoms with Gasteiger partial charge in [0, 0.05) is 6.04 Å². The van der Waals surface area contributed by atoms with E-state index in [1.807, 2.05) is 6.92 Å². The minimum Gasteiger partial charge on any atom is -0.352 e. The molecule has 0 saturated heterocycles. The highest BCUT2D eigenvalue weighted by molar-refractivity contribution is 8.02. The molecule has 0 unspecified atom stereocenters. The second-order valence-corrected chi connectivity index (χ2v) is 6.73. The lowest BCUT2D eigenvalue weighted by atomic mass is 9.95. The molecule has 1 N–H and O–H groups in total. The molecule has 1 fully saturated rings. The highest BCUT2D eigenvalue weighted by Gasteiger charge is 2.20. The Morgan fingerprint density at radius 1 is 1.53 bits per heavy atom. The van der Waals surface area contributed by atoms with Gasteiger partial charge in [-0.05, 0) is 19.8 Å². The summed E-state index contributed by atoms with van der Waals surface area (Å²) in [7, 11) is 0. The molecule has 17 heavy (non-hydrogen) atoms. The zero-order valence-electron chi connectivity index (χ0n) is 9.89. The van der Waals surface area contributed by atoms with Crippen LogP contribution < -0.4 is 5.32 Å². The Balaban J connectivity index is 1.78. The molecule has 1 aliphatic carbocycles. The molecule has 2 rings (SSSR count). The molecule has 0 aliphatic heterocycles. The minimum absolute atomic E-state index is 0.0927. The SMILES string of the molecule is C[C@H](Sc1nncs1)C(=O)NC1CCCCC1. The molecule has 0 radical (unpaired) electrons. The second kappa shape index (κ2) is 6.35. The van der Waals surface area contributed by atoms with Gasteiger partial charge < -0.3 is 5.32 Å². The van der Waals surface area contributed by atoms with E-state index in [2.05, 4.69) is 15.5 Å². The first-order valence-corrected chi connectivity index (χ1v) is 7.75. The number of thioether (sulfide) groups is 1. The first-order valence-electron chi connectivity index (χ1n) is 5.99. The predicted octanol–water partition coefficient (Wildman–Crippen LogP) is 2.47. The highest BCUT2D eigenvalue weighted by Crippen LogP contribution is 2.25. The monoisotopic (exact) mass is 271 g/mol. The lowest BCUT2D eigenvalue weighted by molar-refractivity contribution is -0.121. The summed E-state index contributed by atoms with van der Waals surface area (Å²) in [5, 5.41) is 10.7. The zero-order chi connectivity index (χ0) is 12.1. The maximum Gasteiger partial charge on any atom is 0.233 e. The van der Waals surface area contributed by atoms with Crippen molar-refractivity contribution in [3.05, 3.63) is 5.51 Å². The van der Waals surface area contributed by atoms with Crippen LogP contribution in [-0.4, -0.2) is 27.4 Å². The third-order valence-electron chi connectivity index (χ3n) is 2.94. The maximum atomic E-state index is 12.0. The summed E-state index contributed by atoms with van der Waals surface area (Å²) in [4.78, 5) is 12.0. The quantitative estimate of drug-likeness (QED) is 0.855. The molecule has 1 atom stereocenters. The fourth-order valence-electron chi connectivity index (χ4n) is 1.98. The van der Waals surface area contributed by atoms with Crippen LogP contribution in [0.25, 0.3) is 0 Å². The van der Waals surface area contributed by atoms with E-state index in [1.54, 1.807) is 5.51 Å². The summed E-state index contributed by atoms with van der Waals surface area (Å²) in [6.45, 7) is 1.92. The van der Waals surface area contributed by atoms with Crippen LogP contribution in [-0.2, 0) is 4.79 Å². The van der Waals surface area contributed by atoms with Crippen molar-refractivity contribution in [3.63, 3.8) is 0 Å². The Kier molecular flexibility index (Phi) is 4.79. The molecule has 94 valence electrons. The van der Waals surface area contributed by atoms with Gasteiger partial charge in [-0.15, -0.1) is 10.2 Å². The number of carbonyl (C=O) groups excluding carboxylic acids is 1. The number of amides is 1. The van der Waals surface area contributed by atoms with Crippen LogP contribution in [0, 0.1) is 0 Å². The van der Waals surface area contributed by atoms with E-state index >= 15 is 0 Å². The van der Waals surface area contributed by atoms with E-state index in [9.17, 15) is 4.79 Å². The van der Waals surface area contributed by atoms with Gasteiger partial charge in [0.1, 0.15) is 5.51 Å². The fraction of sp³-hybridized carbons (Fsp3) is 0.727. The number of aromatic nitrogens is 2. The molecule has 4 nitrogen and oxygen atoms in total. The lowest BCUT2D eigenvalue weighted by Crippen LogP contribution is -2.40. The van der Waals surface area contributed by atoms with Crippen molar-refractivity contribution in [2.45, 2.75) is 54.7 Å². The van der Waals surface area contributed by atoms with E-state index < -0.39 is 0 Å². The van der Waals surface area contributed by atoms with Gasteiger partial charge in [-0.1, -0.05) is 42.4 Å². The Morgan fingerprint density at radius 2 is 2.29 bits per heavy atom. The summed E-state index contributed by atoms with van der Waals surface area (Å²) >= 11 is 2.96. The number of nitrogens with zero attached hydrogens (tertiary/aromatic N) is 2. The van der Waals surface area contributed by atoms with Crippen LogP contribution in [0.4, 0.5) is 0 Å². The molecule has 6 heteroatoms. The van der Waals surface area contributed by atoms with Gasteiger partial charge in [0.05, 0.1) is 5.25 Å². The van der Waals surface area contributed by atoms with Crippen LogP contribution in [0.5, 0.6) is 0 Å². The van der Waals surface area contributed by atoms with Crippen LogP contribution in [0.3, 0.4) is 0 Å². The Bertz CT molecular complexity index is 350. The van der Waals surface area contributed by atoms with Crippen LogP contribution in [0.2, 0.25) is 0 Å². The second-order valence-electron chi connectivity index (χ2n) is 4.31. The smallest absolute Gasteiger partial charge is 0.233 e. The third-order valence-corrected chi connectivity index (χ3v) is 4.85. The number of rotatable bonds is 4. The topological polar surface area (TPSA) is 54.9 Å². The summed E-state index contributed by atoms with van der Waals surface area (Å²) in [6.07, 6.45) is 6.04. The van der Waals surface area contributed by atoms with E-state index in [1.165, 1.54) is 42.4 Å². The van der Waals surface area contributed by atoms with Crippen molar-refractivity contribution in [2.75, 3.05) is 0 Å². The molecule has 1 aromatic heterocycles. The molecule has 1 amide bonds. The predicted molar refractivity (Wildman–Crippen MR) is 70.2 cm³/mol. The van der Waals surface area contributed by atoms with Gasteiger partial charge in [0.15, 0.2) is 4.34 Å². The molecule has 1 aliphatic rings. The van der Waals surface area contributed by atoms with Gasteiger partial charge in [-0.2, -0.15) is 0 Å². The zero-order valence-corrected chi connectivity index (χ0v) is 11.5. The van der Waals surface area contributed by atoms with E-state index in [0.29, 0.717) is 6.04 Å². The molecular weight excluding hydrogens is 254 g/mol. The molecule has 0 aromatic carbocycles. The summed E-state index contributed by atoms with van der Waals surface area (Å²) in [6, 6.07) is 0.383. The van der Waals surface area contributed by atoms with Gasteiger partial charge in [-0.25, -0.2) is 0 Å². The van der Waals surface area contributed by atoms with Gasteiger partial charge in [-0.3, -0.25) is 4.79 Å². The molecular formula is C11H17N3OS2. The molecule has 0 bridgehead atoms. The van der Waals surface area contributed by atoms with Crippen LogP contribution >= 0.6 is 23.1 Å². The summed E-state index contributed by atoms with van der Waals surface area (Å²) in [5.74, 6) is 0.122. The number of hydrogen-bond acceptors (Lipinski definition) is 5. The molecule has 1 saturated carbocycles. The van der Waals surface area contributed by atoms with Crippen LogP contribution in [0.15, 0.2) is 9.85 Å². The Labute approximate surface area is 110 Å². The van der Waals surface area contributed by atoms with Crippen molar-refractivity contribution in [3.8, 4) is 0 Å². The van der Waals surface area contributed by atoms with Crippen LogP contribution in [0.1, 0.15) is 39.0 Å². The maximum absolute atomic E-state index is 12.0. The first-order chi connectivity index (χ1) is 8.25. The van der Waals surface area contributed by atoms with Crippen molar-refractivity contribution < 1.29 is 4.79 Å². The summed E-state index contributed by atoms with van der Waals surface area (Å²) < 4.78 is 0.858. The van der Waals surface area contributed by atoms with Gasteiger partial charge >= 0.3 is 0 Å². The van der Waals surface area contributed by atoms with Crippen molar-refractivity contribution in [1.29, 1.82) is 0 Å². The Morgan fingerprint density at radius 3 is 2.94 bits per heavy atom. The Hall–Kier alpha value is -0.620. The van der Waals surface area contributed by atoms with Crippen molar-refractivity contribution in [2.24, 2.45) is 0 Å². The van der Waals surface area contributed by atoms with E-state index in [4.69, 9.17) is 0 Å². The standard InChI is InChI=1S/C11H17N3OS2/c1-8(17-11-14-12-7-16-11)10(15)13-9-5-3-2-4-6-9/h7-9H,2-6H2,1H3,(H,13,15)/t8-/m0/s1. The summed E-state index contributed by atoms with van der Waals surface area (Å²) in [5.41, 5.74) is 1.69. The molecule has 0 spiro atoms. The van der Waals surface area contributed by atoms with Gasteiger partial charge in [0.2, 0.25) is 5.91 Å². The van der Waals surface area contributed by atoms with Crippen molar-refractivity contribution >= 4 is 29.0 Å². The van der Waals surface area contributed by atoms with Gasteiger partial charge in [0.25, 0.3) is 0 Å². The normalized spacial score (nSPS) is 18.9. The average molecular weight is 271 g/mol. The van der Waals surface area contributed by atoms with Crippen molar-refractivity contribution in [1.82, 2.24) is 15.5 Å². The molecule has 1 heterocycles. The first kappa shape index (κ1) is 12.8. The lowest BCUT2D eigenvalue weighted by Gasteiger charge is -2.24. The van der Waals surface area contributed by atoms with E-state index in [-0.39, 0.29) is 11.2 Å².